The van der Waals surface area contributed by atoms with Crippen LogP contribution in [0.1, 0.15) is 56.4 Å². The summed E-state index contributed by atoms with van der Waals surface area (Å²) in [6.45, 7) is 3.76. The number of carbonyl (C=O) groups is 2. The number of carbonyl (C=O) groups excluding carboxylic acids is 2. The number of aliphatic carboxylic acids is 1. The molecule has 0 bridgehead atoms. The normalized spacial score (nSPS) is 17.2. The summed E-state index contributed by atoms with van der Waals surface area (Å²) >= 11 is 0. The summed E-state index contributed by atoms with van der Waals surface area (Å²) < 4.78 is 44.8. The molecule has 0 fully saturated rings. The Morgan fingerprint density at radius 1 is 1.24 bits per heavy atom. The van der Waals surface area contributed by atoms with E-state index in [4.69, 9.17) is 4.74 Å². The maximum Gasteiger partial charge on any atom is 0.416 e. The highest BCUT2D eigenvalue weighted by Crippen LogP contribution is 2.42. The van der Waals surface area contributed by atoms with Crippen molar-refractivity contribution in [3.05, 3.63) is 35.0 Å². The van der Waals surface area contributed by atoms with Crippen LogP contribution in [0, 0.1) is 5.92 Å². The molecule has 1 unspecified atom stereocenters. The number of nitrogens with one attached hydrogen (secondary N) is 1. The number of hydrogen-bond donors (Lipinski definition) is 1. The molecule has 29 heavy (non-hydrogen) atoms. The fourth-order valence-corrected chi connectivity index (χ4v) is 4.49. The molecule has 1 aliphatic carbocycles. The minimum Gasteiger partial charge on any atom is -0.550 e. The summed E-state index contributed by atoms with van der Waals surface area (Å²) in [5, 5.41) is 11.3. The number of carboxylic acids is 1. The topological polar surface area (TPSA) is 82.2 Å². The van der Waals surface area contributed by atoms with Crippen LogP contribution in [0.2, 0.25) is 0 Å². The summed E-state index contributed by atoms with van der Waals surface area (Å²) in [5.74, 6) is -2.38. The second-order valence-corrected chi connectivity index (χ2v) is 7.57. The van der Waals surface area contributed by atoms with E-state index in [1.165, 1.54) is 12.1 Å². The van der Waals surface area contributed by atoms with Crippen molar-refractivity contribution >= 4 is 22.8 Å². The lowest BCUT2D eigenvalue weighted by Crippen LogP contribution is -2.45. The molecule has 1 aromatic heterocycles. The number of hydrogen-bond acceptors (Lipinski definition) is 4. The zero-order chi connectivity index (χ0) is 21.4. The van der Waals surface area contributed by atoms with Crippen molar-refractivity contribution in [3.8, 4) is 0 Å². The lowest BCUT2D eigenvalue weighted by molar-refractivity contribution is -0.305. The van der Waals surface area contributed by atoms with Crippen LogP contribution >= 0.6 is 0 Å². The number of benzene rings is 1. The third kappa shape index (κ3) is 4.11. The van der Waals surface area contributed by atoms with Gasteiger partial charge in [0.25, 0.3) is 0 Å². The number of rotatable bonds is 6. The largest absolute Gasteiger partial charge is 0.550 e. The van der Waals surface area contributed by atoms with Crippen LogP contribution in [0.5, 0.6) is 0 Å². The predicted molar refractivity (Wildman–Crippen MR) is 97.8 cm³/mol. The Kier molecular flexibility index (Phi) is 5.65. The molecule has 0 amide bonds. The van der Waals surface area contributed by atoms with Crippen LogP contribution in [-0.2, 0) is 33.3 Å². The number of H-pyrrole nitrogens is 1. The Balaban J connectivity index is 1.90. The van der Waals surface area contributed by atoms with E-state index in [2.05, 4.69) is 4.98 Å². The van der Waals surface area contributed by atoms with E-state index in [1.807, 2.05) is 13.8 Å². The standard InChI is InChI=1S/C21H24F3NO4/c1-3-20(4-2,29-19(28)11-18(26)27)12-5-7-14-15-9-13(21(22,23)24)6-8-16(15)25-17(14)10-12/h6,8-9,12,25H,3-5,7,10-11H2,1-2H3,(H,26,27)/p-1. The molecule has 1 aromatic carbocycles. The zero-order valence-electron chi connectivity index (χ0n) is 16.3. The Morgan fingerprint density at radius 2 is 1.93 bits per heavy atom. The van der Waals surface area contributed by atoms with Crippen LogP contribution in [-0.4, -0.2) is 22.5 Å². The molecule has 0 radical (unpaired) electrons. The second kappa shape index (κ2) is 7.72. The summed E-state index contributed by atoms with van der Waals surface area (Å²) in [5.41, 5.74) is 0.860. The van der Waals surface area contributed by atoms with Gasteiger partial charge in [0, 0.05) is 22.5 Å². The molecule has 0 saturated heterocycles. The van der Waals surface area contributed by atoms with Crippen molar-refractivity contribution in [2.75, 3.05) is 0 Å². The van der Waals surface area contributed by atoms with Crippen LogP contribution in [0.4, 0.5) is 13.2 Å². The highest BCUT2D eigenvalue weighted by molar-refractivity contribution is 5.89. The maximum atomic E-state index is 13.1. The van der Waals surface area contributed by atoms with E-state index < -0.39 is 35.7 Å². The molecular formula is C21H23F3NO4-. The Labute approximate surface area is 166 Å². The molecule has 2 aromatic rings. The van der Waals surface area contributed by atoms with E-state index in [1.54, 1.807) is 0 Å². The Morgan fingerprint density at radius 3 is 2.52 bits per heavy atom. The molecule has 0 saturated carbocycles. The number of carboxylic acid groups (broad SMARTS) is 1. The van der Waals surface area contributed by atoms with Gasteiger partial charge in [-0.1, -0.05) is 13.8 Å². The second-order valence-electron chi connectivity index (χ2n) is 7.57. The molecule has 5 nitrogen and oxygen atoms in total. The van der Waals surface area contributed by atoms with Crippen LogP contribution in [0.25, 0.3) is 10.9 Å². The highest BCUT2D eigenvalue weighted by Gasteiger charge is 2.42. The first-order valence-electron chi connectivity index (χ1n) is 9.72. The number of aryl methyl sites for hydroxylation is 1. The summed E-state index contributed by atoms with van der Waals surface area (Å²) in [4.78, 5) is 25.9. The van der Waals surface area contributed by atoms with E-state index in [9.17, 15) is 27.9 Å². The first kappa shape index (κ1) is 21.2. The van der Waals surface area contributed by atoms with Gasteiger partial charge in [-0.3, -0.25) is 4.79 Å². The maximum absolute atomic E-state index is 13.1. The van der Waals surface area contributed by atoms with Gasteiger partial charge in [-0.2, -0.15) is 13.2 Å². The number of ether oxygens (including phenoxy) is 1. The van der Waals surface area contributed by atoms with Crippen LogP contribution < -0.4 is 5.11 Å². The Bertz CT molecular complexity index is 928. The van der Waals surface area contributed by atoms with E-state index in [0.717, 1.165) is 17.3 Å². The molecule has 0 spiro atoms. The first-order chi connectivity index (χ1) is 13.6. The van der Waals surface area contributed by atoms with E-state index in [0.29, 0.717) is 43.0 Å². The average Bonchev–Trinajstić information content (AvgIpc) is 3.01. The van der Waals surface area contributed by atoms with Crippen LogP contribution in [0.15, 0.2) is 18.2 Å². The predicted octanol–water partition coefficient (Wildman–Crippen LogP) is 3.53. The minimum absolute atomic E-state index is 0.0640. The zero-order valence-corrected chi connectivity index (χ0v) is 16.3. The van der Waals surface area contributed by atoms with E-state index in [-0.39, 0.29) is 5.92 Å². The van der Waals surface area contributed by atoms with Crippen molar-refractivity contribution in [3.63, 3.8) is 0 Å². The Hall–Kier alpha value is -2.51. The molecule has 8 heteroatoms. The van der Waals surface area contributed by atoms with Crippen molar-refractivity contribution in [1.82, 2.24) is 4.98 Å². The molecule has 1 atom stereocenters. The number of halogens is 3. The summed E-state index contributed by atoms with van der Waals surface area (Å²) in [6.07, 6.45) is -2.46. The minimum atomic E-state index is -4.40. The third-order valence-electron chi connectivity index (χ3n) is 6.06. The van der Waals surface area contributed by atoms with Gasteiger partial charge >= 0.3 is 12.1 Å². The van der Waals surface area contributed by atoms with Crippen molar-refractivity contribution in [1.29, 1.82) is 0 Å². The summed E-state index contributed by atoms with van der Waals surface area (Å²) in [6, 6.07) is 3.68. The van der Waals surface area contributed by atoms with Gasteiger partial charge in [0.1, 0.15) is 5.60 Å². The van der Waals surface area contributed by atoms with Gasteiger partial charge in [0.05, 0.1) is 18.0 Å². The number of aromatic amines is 1. The monoisotopic (exact) mass is 410 g/mol. The van der Waals surface area contributed by atoms with Gasteiger partial charge in [-0.25, -0.2) is 0 Å². The van der Waals surface area contributed by atoms with Gasteiger partial charge in [-0.05, 0) is 55.9 Å². The van der Waals surface area contributed by atoms with E-state index >= 15 is 0 Å². The SMILES string of the molecule is CCC(CC)(OC(=O)CC(=O)[O-])C1CCc2c([nH]c3ccc(C(F)(F)F)cc23)C1. The van der Waals surface area contributed by atoms with Gasteiger partial charge in [0.2, 0.25) is 0 Å². The third-order valence-corrected chi connectivity index (χ3v) is 6.06. The lowest BCUT2D eigenvalue weighted by atomic mass is 9.73. The smallest absolute Gasteiger partial charge is 0.416 e. The summed E-state index contributed by atoms with van der Waals surface area (Å²) in [7, 11) is 0. The van der Waals surface area contributed by atoms with Gasteiger partial charge in [0.15, 0.2) is 0 Å². The molecular weight excluding hydrogens is 387 g/mol. The van der Waals surface area contributed by atoms with Gasteiger partial charge in [-0.15, -0.1) is 0 Å². The van der Waals surface area contributed by atoms with Crippen molar-refractivity contribution < 1.29 is 32.6 Å². The first-order valence-corrected chi connectivity index (χ1v) is 9.72. The number of aromatic nitrogens is 1. The molecule has 0 aliphatic heterocycles. The fourth-order valence-electron chi connectivity index (χ4n) is 4.49. The average molecular weight is 410 g/mol. The number of alkyl halides is 3. The molecule has 3 rings (SSSR count). The number of fused-ring (bicyclic) bond motifs is 3. The lowest BCUT2D eigenvalue weighted by Gasteiger charge is -2.41. The fraction of sp³-hybridized carbons (Fsp3) is 0.524. The van der Waals surface area contributed by atoms with Gasteiger partial charge < -0.3 is 19.6 Å². The molecule has 1 heterocycles. The van der Waals surface area contributed by atoms with Crippen LogP contribution in [0.3, 0.4) is 0 Å². The van der Waals surface area contributed by atoms with Crippen molar-refractivity contribution in [2.24, 2.45) is 5.92 Å². The van der Waals surface area contributed by atoms with Crippen molar-refractivity contribution in [2.45, 2.75) is 64.1 Å². The number of esters is 1. The molecule has 158 valence electrons. The quantitative estimate of drug-likeness (QED) is 0.583. The molecule has 1 N–H and O–H groups in total. The molecule has 1 aliphatic rings. The highest BCUT2D eigenvalue weighted by atomic mass is 19.4.